The van der Waals surface area contributed by atoms with Crippen LogP contribution in [0.15, 0.2) is 0 Å². The van der Waals surface area contributed by atoms with Crippen LogP contribution < -0.4 is 5.32 Å². The number of hydrogen-bond acceptors (Lipinski definition) is 4. The van der Waals surface area contributed by atoms with Gasteiger partial charge in [-0.25, -0.2) is 4.79 Å². The van der Waals surface area contributed by atoms with Crippen LogP contribution >= 0.6 is 0 Å². The van der Waals surface area contributed by atoms with E-state index in [0.29, 0.717) is 6.61 Å². The number of hydrogen-bond donors (Lipinski definition) is 2. The molecule has 2 unspecified atom stereocenters. The topological polar surface area (TPSA) is 67.8 Å². The quantitative estimate of drug-likeness (QED) is 0.762. The van der Waals surface area contributed by atoms with Crippen molar-refractivity contribution in [3.63, 3.8) is 0 Å². The van der Waals surface area contributed by atoms with Crippen LogP contribution in [0.25, 0.3) is 0 Å². The summed E-state index contributed by atoms with van der Waals surface area (Å²) in [6.45, 7) is 6.24. The number of amides is 1. The van der Waals surface area contributed by atoms with Gasteiger partial charge in [0.15, 0.2) is 0 Å². The molecule has 0 aromatic heterocycles. The van der Waals surface area contributed by atoms with Crippen molar-refractivity contribution in [1.29, 1.82) is 0 Å². The van der Waals surface area contributed by atoms with Crippen LogP contribution in [0, 0.1) is 0 Å². The maximum atomic E-state index is 11.3. The van der Waals surface area contributed by atoms with E-state index in [1.54, 1.807) is 20.8 Å². The van der Waals surface area contributed by atoms with Gasteiger partial charge in [0, 0.05) is 13.2 Å². The van der Waals surface area contributed by atoms with Crippen LogP contribution in [0.2, 0.25) is 0 Å². The zero-order valence-corrected chi connectivity index (χ0v) is 10.2. The van der Waals surface area contributed by atoms with Gasteiger partial charge in [0.05, 0.1) is 12.2 Å². The summed E-state index contributed by atoms with van der Waals surface area (Å²) < 4.78 is 10.4. The van der Waals surface area contributed by atoms with E-state index in [0.717, 1.165) is 12.8 Å². The fourth-order valence-corrected chi connectivity index (χ4v) is 1.54. The van der Waals surface area contributed by atoms with Crippen LogP contribution in [0.1, 0.15) is 33.6 Å². The predicted octanol–water partition coefficient (Wildman–Crippen LogP) is 1.05. The molecule has 5 heteroatoms. The van der Waals surface area contributed by atoms with Crippen molar-refractivity contribution in [1.82, 2.24) is 5.32 Å². The van der Waals surface area contributed by atoms with Crippen LogP contribution in [0.3, 0.4) is 0 Å². The molecule has 94 valence electrons. The van der Waals surface area contributed by atoms with E-state index in [4.69, 9.17) is 9.47 Å². The van der Waals surface area contributed by atoms with Gasteiger partial charge >= 0.3 is 6.09 Å². The zero-order valence-electron chi connectivity index (χ0n) is 10.2. The molecule has 2 atom stereocenters. The minimum atomic E-state index is -0.657. The second kappa shape index (κ2) is 5.50. The van der Waals surface area contributed by atoms with Crippen LogP contribution in [0.5, 0.6) is 0 Å². The normalized spacial score (nSPS) is 22.9. The third-order valence-electron chi connectivity index (χ3n) is 2.25. The van der Waals surface area contributed by atoms with Gasteiger partial charge in [-0.05, 0) is 33.6 Å². The van der Waals surface area contributed by atoms with E-state index in [1.807, 2.05) is 0 Å². The summed E-state index contributed by atoms with van der Waals surface area (Å²) in [4.78, 5) is 11.3. The Morgan fingerprint density at radius 2 is 2.31 bits per heavy atom. The molecule has 2 N–H and O–H groups in total. The number of nitrogens with one attached hydrogen (secondary N) is 1. The van der Waals surface area contributed by atoms with Gasteiger partial charge in [0.1, 0.15) is 5.60 Å². The van der Waals surface area contributed by atoms with Crippen LogP contribution in [0.4, 0.5) is 4.79 Å². The molecular weight excluding hydrogens is 210 g/mol. The molecule has 1 rings (SSSR count). The first-order valence-electron chi connectivity index (χ1n) is 5.65. The molecule has 0 aromatic rings. The number of aliphatic hydroxyl groups excluding tert-OH is 1. The molecule has 1 amide bonds. The average Bonchev–Trinajstić information content (AvgIpc) is 2.64. The second-order valence-electron chi connectivity index (χ2n) is 5.00. The molecule has 0 aliphatic carbocycles. The Balaban J connectivity index is 2.20. The van der Waals surface area contributed by atoms with Crippen LogP contribution in [-0.4, -0.2) is 42.2 Å². The monoisotopic (exact) mass is 231 g/mol. The van der Waals surface area contributed by atoms with Crippen LogP contribution in [-0.2, 0) is 9.47 Å². The predicted molar refractivity (Wildman–Crippen MR) is 59.2 cm³/mol. The Hall–Kier alpha value is -0.810. The Kier molecular flexibility index (Phi) is 4.56. The molecular formula is C11H21NO4. The Bertz CT molecular complexity index is 231. The fourth-order valence-electron chi connectivity index (χ4n) is 1.54. The lowest BCUT2D eigenvalue weighted by atomic mass is 10.1. The third kappa shape index (κ3) is 4.81. The molecule has 1 heterocycles. The minimum Gasteiger partial charge on any atom is -0.444 e. The number of aliphatic hydroxyl groups is 1. The minimum absolute atomic E-state index is 0.157. The van der Waals surface area contributed by atoms with E-state index in [-0.39, 0.29) is 12.6 Å². The highest BCUT2D eigenvalue weighted by atomic mass is 16.6. The largest absolute Gasteiger partial charge is 0.444 e. The molecule has 0 aromatic carbocycles. The molecule has 5 nitrogen and oxygen atoms in total. The highest BCUT2D eigenvalue weighted by molar-refractivity contribution is 5.67. The molecule has 1 fully saturated rings. The van der Waals surface area contributed by atoms with Gasteiger partial charge in [-0.3, -0.25) is 0 Å². The van der Waals surface area contributed by atoms with Crippen molar-refractivity contribution >= 4 is 6.09 Å². The van der Waals surface area contributed by atoms with E-state index < -0.39 is 17.8 Å². The summed E-state index contributed by atoms with van der Waals surface area (Å²) >= 11 is 0. The molecule has 0 bridgehead atoms. The first-order chi connectivity index (χ1) is 7.38. The third-order valence-corrected chi connectivity index (χ3v) is 2.25. The fraction of sp³-hybridized carbons (Fsp3) is 0.909. The summed E-state index contributed by atoms with van der Waals surface area (Å²) in [5.41, 5.74) is -0.515. The van der Waals surface area contributed by atoms with Gasteiger partial charge in [0.2, 0.25) is 0 Å². The van der Waals surface area contributed by atoms with Crippen molar-refractivity contribution in [2.24, 2.45) is 0 Å². The smallest absolute Gasteiger partial charge is 0.407 e. The number of carbonyl (C=O) groups excluding carboxylic acids is 1. The first-order valence-corrected chi connectivity index (χ1v) is 5.65. The van der Waals surface area contributed by atoms with E-state index >= 15 is 0 Å². The van der Waals surface area contributed by atoms with Crippen molar-refractivity contribution in [2.45, 2.75) is 51.4 Å². The van der Waals surface area contributed by atoms with E-state index in [2.05, 4.69) is 5.32 Å². The number of rotatable bonds is 3. The second-order valence-corrected chi connectivity index (χ2v) is 5.00. The van der Waals surface area contributed by atoms with Crippen molar-refractivity contribution < 1.29 is 19.4 Å². The molecule has 0 saturated carbocycles. The van der Waals surface area contributed by atoms with Gasteiger partial charge in [0.25, 0.3) is 0 Å². The lowest BCUT2D eigenvalue weighted by Gasteiger charge is -2.22. The van der Waals surface area contributed by atoms with E-state index in [1.165, 1.54) is 0 Å². The molecule has 1 aliphatic heterocycles. The van der Waals surface area contributed by atoms with Crippen molar-refractivity contribution in [2.75, 3.05) is 13.2 Å². The first kappa shape index (κ1) is 13.3. The zero-order chi connectivity index (χ0) is 12.2. The number of carbonyl (C=O) groups is 1. The maximum absolute atomic E-state index is 11.3. The highest BCUT2D eigenvalue weighted by Crippen LogP contribution is 2.15. The summed E-state index contributed by atoms with van der Waals surface area (Å²) in [6, 6.07) is 0. The summed E-state index contributed by atoms with van der Waals surface area (Å²) in [5, 5.41) is 12.2. The lowest BCUT2D eigenvalue weighted by molar-refractivity contribution is -0.00343. The Morgan fingerprint density at radius 1 is 1.62 bits per heavy atom. The average molecular weight is 231 g/mol. The van der Waals surface area contributed by atoms with E-state index in [9.17, 15) is 9.90 Å². The standard InChI is InChI=1S/C11H21NO4/c1-11(2,3)16-10(14)12-7-8(13)9-5-4-6-15-9/h8-9,13H,4-7H2,1-3H3,(H,12,14). The molecule has 0 radical (unpaired) electrons. The molecule has 1 saturated heterocycles. The Morgan fingerprint density at radius 3 is 2.81 bits per heavy atom. The highest BCUT2D eigenvalue weighted by Gasteiger charge is 2.25. The summed E-state index contributed by atoms with van der Waals surface area (Å²) in [7, 11) is 0. The molecule has 16 heavy (non-hydrogen) atoms. The molecule has 0 spiro atoms. The number of ether oxygens (including phenoxy) is 2. The van der Waals surface area contributed by atoms with Crippen molar-refractivity contribution in [3.8, 4) is 0 Å². The van der Waals surface area contributed by atoms with Gasteiger partial charge in [-0.15, -0.1) is 0 Å². The maximum Gasteiger partial charge on any atom is 0.407 e. The lowest BCUT2D eigenvalue weighted by Crippen LogP contribution is -2.41. The van der Waals surface area contributed by atoms with Gasteiger partial charge < -0.3 is 19.9 Å². The number of alkyl carbamates (subject to hydrolysis) is 1. The SMILES string of the molecule is CC(C)(C)OC(=O)NCC(O)C1CCCO1. The van der Waals surface area contributed by atoms with Gasteiger partial charge in [-0.2, -0.15) is 0 Å². The Labute approximate surface area is 96.1 Å². The van der Waals surface area contributed by atoms with Gasteiger partial charge in [-0.1, -0.05) is 0 Å². The van der Waals surface area contributed by atoms with Crippen molar-refractivity contribution in [3.05, 3.63) is 0 Å². The summed E-state index contributed by atoms with van der Waals surface area (Å²) in [5.74, 6) is 0. The molecule has 1 aliphatic rings. The summed E-state index contributed by atoms with van der Waals surface area (Å²) in [6.07, 6.45) is 0.486.